The van der Waals surface area contributed by atoms with Gasteiger partial charge in [0.25, 0.3) is 0 Å². The van der Waals surface area contributed by atoms with E-state index in [0.29, 0.717) is 35.8 Å². The molecule has 1 fully saturated rings. The van der Waals surface area contributed by atoms with Crippen LogP contribution in [0.15, 0.2) is 48.5 Å². The van der Waals surface area contributed by atoms with E-state index in [-0.39, 0.29) is 30.8 Å². The Morgan fingerprint density at radius 3 is 2.70 bits per heavy atom. The Kier molecular flexibility index (Phi) is 9.54. The second-order valence-corrected chi connectivity index (χ2v) is 8.74. The van der Waals surface area contributed by atoms with E-state index in [1.54, 1.807) is 30.3 Å². The van der Waals surface area contributed by atoms with Crippen LogP contribution in [-0.2, 0) is 9.59 Å². The number of hydrogen-bond donors (Lipinski definition) is 2. The maximum Gasteiger partial charge on any atom is 0.224 e. The molecule has 0 radical (unpaired) electrons. The SMILES string of the molecule is CC(=O)CCCC(=O)Nc1ccccc1OCC(O)CN1CCC(Oc2ccc(Cl)cc2)C1. The van der Waals surface area contributed by atoms with Crippen LogP contribution in [0.2, 0.25) is 5.02 Å². The number of β-amino-alcohol motifs (C(OH)–C–C–N with tert-alkyl or cyclic N) is 1. The second-order valence-electron chi connectivity index (χ2n) is 8.31. The van der Waals surface area contributed by atoms with E-state index in [4.69, 9.17) is 21.1 Å². The highest BCUT2D eigenvalue weighted by Crippen LogP contribution is 2.25. The summed E-state index contributed by atoms with van der Waals surface area (Å²) in [6.45, 7) is 3.66. The third-order valence-electron chi connectivity index (χ3n) is 5.34. The highest BCUT2D eigenvalue weighted by atomic mass is 35.5. The lowest BCUT2D eigenvalue weighted by molar-refractivity contribution is -0.117. The summed E-state index contributed by atoms with van der Waals surface area (Å²) in [6.07, 6.45) is 1.44. The van der Waals surface area contributed by atoms with E-state index >= 15 is 0 Å². The Bertz CT molecular complexity index is 921. The molecule has 8 heteroatoms. The topological polar surface area (TPSA) is 88.1 Å². The molecule has 0 spiro atoms. The van der Waals surface area contributed by atoms with E-state index < -0.39 is 6.10 Å². The first-order chi connectivity index (χ1) is 15.9. The van der Waals surface area contributed by atoms with Gasteiger partial charge in [0.05, 0.1) is 5.69 Å². The van der Waals surface area contributed by atoms with Gasteiger partial charge in [-0.15, -0.1) is 0 Å². The van der Waals surface area contributed by atoms with Crippen molar-refractivity contribution in [3.63, 3.8) is 0 Å². The van der Waals surface area contributed by atoms with Gasteiger partial charge in [-0.1, -0.05) is 23.7 Å². The summed E-state index contributed by atoms with van der Waals surface area (Å²) in [5, 5.41) is 14.0. The fraction of sp³-hybridized carbons (Fsp3) is 0.440. The maximum absolute atomic E-state index is 12.1. The van der Waals surface area contributed by atoms with Crippen molar-refractivity contribution in [3.8, 4) is 11.5 Å². The molecule has 1 amide bonds. The Hall–Kier alpha value is -2.61. The van der Waals surface area contributed by atoms with E-state index in [2.05, 4.69) is 10.2 Å². The fourth-order valence-electron chi connectivity index (χ4n) is 3.71. The van der Waals surface area contributed by atoms with Gasteiger partial charge in [-0.2, -0.15) is 0 Å². The average Bonchev–Trinajstić information content (AvgIpc) is 3.21. The number of anilines is 1. The number of ether oxygens (including phenoxy) is 2. The molecule has 33 heavy (non-hydrogen) atoms. The number of halogens is 1. The lowest BCUT2D eigenvalue weighted by atomic mass is 10.2. The van der Waals surface area contributed by atoms with Crippen molar-refractivity contribution in [2.24, 2.45) is 0 Å². The van der Waals surface area contributed by atoms with Gasteiger partial charge >= 0.3 is 0 Å². The second kappa shape index (κ2) is 12.6. The lowest BCUT2D eigenvalue weighted by Crippen LogP contribution is -2.35. The molecule has 0 aliphatic carbocycles. The number of ketones is 1. The Morgan fingerprint density at radius 2 is 1.94 bits per heavy atom. The van der Waals surface area contributed by atoms with Crippen molar-refractivity contribution in [2.75, 3.05) is 31.6 Å². The first-order valence-corrected chi connectivity index (χ1v) is 11.6. The molecule has 0 aromatic heterocycles. The van der Waals surface area contributed by atoms with Gasteiger partial charge in [-0.25, -0.2) is 0 Å². The van der Waals surface area contributed by atoms with Crippen LogP contribution in [0.3, 0.4) is 0 Å². The largest absolute Gasteiger partial charge is 0.489 e. The van der Waals surface area contributed by atoms with Crippen LogP contribution in [0.4, 0.5) is 5.69 Å². The van der Waals surface area contributed by atoms with Crippen LogP contribution in [0.5, 0.6) is 11.5 Å². The molecule has 178 valence electrons. The summed E-state index contributed by atoms with van der Waals surface area (Å²) < 4.78 is 11.8. The molecule has 2 aromatic carbocycles. The van der Waals surface area contributed by atoms with Crippen molar-refractivity contribution < 1.29 is 24.2 Å². The quantitative estimate of drug-likeness (QED) is 0.484. The van der Waals surface area contributed by atoms with Crippen LogP contribution in [0.25, 0.3) is 0 Å². The zero-order chi connectivity index (χ0) is 23.6. The molecule has 1 saturated heterocycles. The zero-order valence-electron chi connectivity index (χ0n) is 18.8. The number of amides is 1. The highest BCUT2D eigenvalue weighted by molar-refractivity contribution is 6.30. The summed E-state index contributed by atoms with van der Waals surface area (Å²) in [4.78, 5) is 25.3. The maximum atomic E-state index is 12.1. The van der Waals surface area contributed by atoms with Gasteiger partial charge in [-0.05, 0) is 56.2 Å². The van der Waals surface area contributed by atoms with Gasteiger partial charge < -0.3 is 24.7 Å². The molecule has 0 saturated carbocycles. The van der Waals surface area contributed by atoms with Crippen LogP contribution >= 0.6 is 11.6 Å². The Labute approximate surface area is 199 Å². The third-order valence-corrected chi connectivity index (χ3v) is 5.59. The number of aliphatic hydroxyl groups is 1. The Morgan fingerprint density at radius 1 is 1.18 bits per heavy atom. The number of nitrogens with one attached hydrogen (secondary N) is 1. The summed E-state index contributed by atoms with van der Waals surface area (Å²) >= 11 is 5.91. The number of Topliss-reactive ketones (excluding diaryl/α,β-unsaturated/α-hetero) is 1. The molecule has 1 aliphatic rings. The average molecular weight is 475 g/mol. The predicted molar refractivity (Wildman–Crippen MR) is 128 cm³/mol. The molecule has 2 N–H and O–H groups in total. The Balaban J connectivity index is 1.41. The van der Waals surface area contributed by atoms with E-state index in [1.165, 1.54) is 6.92 Å². The number of hydrogen-bond acceptors (Lipinski definition) is 6. The van der Waals surface area contributed by atoms with Crippen LogP contribution in [0, 0.1) is 0 Å². The number of carbonyl (C=O) groups excluding carboxylic acids is 2. The third kappa shape index (κ3) is 8.68. The zero-order valence-corrected chi connectivity index (χ0v) is 19.6. The predicted octanol–water partition coefficient (Wildman–Crippen LogP) is 3.93. The normalized spacial score (nSPS) is 16.9. The van der Waals surface area contributed by atoms with Gasteiger partial charge in [0.15, 0.2) is 0 Å². The minimum Gasteiger partial charge on any atom is -0.489 e. The van der Waals surface area contributed by atoms with Crippen molar-refractivity contribution in [3.05, 3.63) is 53.6 Å². The molecule has 7 nitrogen and oxygen atoms in total. The van der Waals surface area contributed by atoms with E-state index in [0.717, 1.165) is 25.3 Å². The standard InChI is InChI=1S/C25H31ClN2O5/c1-18(29)5-4-8-25(31)27-23-6-2-3-7-24(23)32-17-20(30)15-28-14-13-22(16-28)33-21-11-9-19(26)10-12-21/h2-3,6-7,9-12,20,22,30H,4-5,8,13-17H2,1H3,(H,27,31). The number of likely N-dealkylation sites (tertiary alicyclic amines) is 1. The molecule has 2 aromatic rings. The number of rotatable bonds is 12. The summed E-state index contributed by atoms with van der Waals surface area (Å²) in [5.74, 6) is 1.19. The van der Waals surface area contributed by atoms with Gasteiger partial charge in [0.2, 0.25) is 5.91 Å². The number of benzene rings is 2. The van der Waals surface area contributed by atoms with Crippen molar-refractivity contribution in [2.45, 2.75) is 44.8 Å². The first-order valence-electron chi connectivity index (χ1n) is 11.2. The monoisotopic (exact) mass is 474 g/mol. The van der Waals surface area contributed by atoms with Crippen molar-refractivity contribution in [1.82, 2.24) is 4.90 Å². The number of carbonyl (C=O) groups is 2. The van der Waals surface area contributed by atoms with E-state index in [9.17, 15) is 14.7 Å². The molecule has 0 bridgehead atoms. The van der Waals surface area contributed by atoms with Crippen LogP contribution < -0.4 is 14.8 Å². The molecule has 2 unspecified atom stereocenters. The molecule has 2 atom stereocenters. The number of aliphatic hydroxyl groups excluding tert-OH is 1. The van der Waals surface area contributed by atoms with Gasteiger partial charge in [0, 0.05) is 37.5 Å². The molecular weight excluding hydrogens is 444 g/mol. The first kappa shape index (κ1) is 25.0. The molecular formula is C25H31ClN2O5. The summed E-state index contributed by atoms with van der Waals surface area (Å²) in [6, 6.07) is 14.4. The van der Waals surface area contributed by atoms with Gasteiger partial charge in [0.1, 0.15) is 36.1 Å². The van der Waals surface area contributed by atoms with E-state index in [1.807, 2.05) is 18.2 Å². The lowest BCUT2D eigenvalue weighted by Gasteiger charge is -2.21. The smallest absolute Gasteiger partial charge is 0.224 e. The fourth-order valence-corrected chi connectivity index (χ4v) is 3.83. The number of para-hydroxylation sites is 2. The molecule has 3 rings (SSSR count). The summed E-state index contributed by atoms with van der Waals surface area (Å²) in [5.41, 5.74) is 0.551. The number of nitrogens with zero attached hydrogens (tertiary/aromatic N) is 1. The van der Waals surface area contributed by atoms with Gasteiger partial charge in [-0.3, -0.25) is 9.69 Å². The molecule has 1 aliphatic heterocycles. The minimum absolute atomic E-state index is 0.0678. The van der Waals surface area contributed by atoms with Crippen molar-refractivity contribution in [1.29, 1.82) is 0 Å². The minimum atomic E-state index is -0.682. The van der Waals surface area contributed by atoms with Crippen LogP contribution in [-0.4, -0.2) is 60.1 Å². The summed E-state index contributed by atoms with van der Waals surface area (Å²) in [7, 11) is 0. The highest BCUT2D eigenvalue weighted by Gasteiger charge is 2.26. The molecule has 1 heterocycles. The van der Waals surface area contributed by atoms with Crippen LogP contribution in [0.1, 0.15) is 32.6 Å². The van der Waals surface area contributed by atoms with Crippen molar-refractivity contribution >= 4 is 29.0 Å².